The highest BCUT2D eigenvalue weighted by molar-refractivity contribution is 6.31. The van der Waals surface area contributed by atoms with E-state index in [1.54, 1.807) is 24.3 Å². The van der Waals surface area contributed by atoms with Crippen molar-refractivity contribution in [3.05, 3.63) is 52.2 Å². The van der Waals surface area contributed by atoms with Gasteiger partial charge >= 0.3 is 0 Å². The highest BCUT2D eigenvalue weighted by Gasteiger charge is 2.14. The Balaban J connectivity index is 2.08. The maximum absolute atomic E-state index is 12.4. The summed E-state index contributed by atoms with van der Waals surface area (Å²) in [5, 5.41) is 4.20. The molecular formula is C14H11Cl2N5O2. The molecule has 1 amide bonds. The zero-order valence-corrected chi connectivity index (χ0v) is 13.4. The zero-order chi connectivity index (χ0) is 16.6. The van der Waals surface area contributed by atoms with Crippen molar-refractivity contribution in [2.24, 2.45) is 0 Å². The van der Waals surface area contributed by atoms with E-state index in [0.29, 0.717) is 16.4 Å². The molecule has 1 unspecified atom stereocenters. The number of carbonyl (C=O) groups excluding carboxylic acids is 1. The molecule has 0 aliphatic heterocycles. The van der Waals surface area contributed by atoms with Crippen molar-refractivity contribution in [3.8, 4) is 5.69 Å². The summed E-state index contributed by atoms with van der Waals surface area (Å²) >= 11 is 11.6. The van der Waals surface area contributed by atoms with Gasteiger partial charge < -0.3 is 0 Å². The Morgan fingerprint density at radius 3 is 2.87 bits per heavy atom. The number of alkyl halides is 1. The second-order valence-electron chi connectivity index (χ2n) is 4.79. The van der Waals surface area contributed by atoms with Crippen molar-refractivity contribution >= 4 is 40.1 Å². The largest absolute Gasteiger partial charge is 0.283 e. The van der Waals surface area contributed by atoms with E-state index in [1.807, 2.05) is 0 Å². The minimum Gasteiger partial charge on any atom is -0.272 e. The Bertz CT molecular complexity index is 948. The molecule has 1 atom stereocenters. The molecule has 118 valence electrons. The van der Waals surface area contributed by atoms with Crippen LogP contribution in [-0.2, 0) is 4.79 Å². The first-order valence-corrected chi connectivity index (χ1v) is 7.45. The predicted octanol–water partition coefficient (Wildman–Crippen LogP) is 1.93. The van der Waals surface area contributed by atoms with Crippen LogP contribution >= 0.6 is 23.2 Å². The molecule has 2 aromatic heterocycles. The van der Waals surface area contributed by atoms with Gasteiger partial charge in [-0.1, -0.05) is 17.7 Å². The van der Waals surface area contributed by atoms with E-state index in [1.165, 1.54) is 24.1 Å². The van der Waals surface area contributed by atoms with Gasteiger partial charge in [0.25, 0.3) is 11.5 Å². The predicted molar refractivity (Wildman–Crippen MR) is 87.8 cm³/mol. The van der Waals surface area contributed by atoms with E-state index in [2.05, 4.69) is 15.5 Å². The van der Waals surface area contributed by atoms with Crippen molar-refractivity contribution in [2.75, 3.05) is 5.43 Å². The maximum Gasteiger partial charge on any atom is 0.283 e. The number of hydrogen-bond acceptors (Lipinski definition) is 4. The monoisotopic (exact) mass is 351 g/mol. The first-order chi connectivity index (χ1) is 11.0. The number of fused-ring (bicyclic) bond motifs is 1. The standard InChI is InChI=1S/C14H11Cl2N5O2/c1-8(15)13(22)19-20-7-17-12-11(14(20)23)6-18-21(12)10-4-2-3-9(16)5-10/h2-8H,1H3,(H,19,22). The molecule has 2 heterocycles. The summed E-state index contributed by atoms with van der Waals surface area (Å²) in [5.74, 6) is -0.503. The number of hydrogen-bond donors (Lipinski definition) is 1. The molecule has 1 aromatic carbocycles. The van der Waals surface area contributed by atoms with Crippen LogP contribution in [0.5, 0.6) is 0 Å². The fourth-order valence-electron chi connectivity index (χ4n) is 2.00. The Labute approximate surface area is 140 Å². The molecule has 0 aliphatic carbocycles. The first-order valence-electron chi connectivity index (χ1n) is 6.63. The quantitative estimate of drug-likeness (QED) is 0.731. The SMILES string of the molecule is CC(Cl)C(=O)Nn1cnc2c(cnn2-c2cccc(Cl)c2)c1=O. The number of aromatic nitrogens is 4. The van der Waals surface area contributed by atoms with Gasteiger partial charge in [-0.05, 0) is 25.1 Å². The molecule has 0 fully saturated rings. The summed E-state index contributed by atoms with van der Waals surface area (Å²) in [6.45, 7) is 1.51. The second-order valence-corrected chi connectivity index (χ2v) is 5.88. The number of carbonyl (C=O) groups is 1. The van der Waals surface area contributed by atoms with Gasteiger partial charge in [-0.25, -0.2) is 14.3 Å². The lowest BCUT2D eigenvalue weighted by Crippen LogP contribution is -2.36. The van der Waals surface area contributed by atoms with Crippen LogP contribution in [0.15, 0.2) is 41.6 Å². The first kappa shape index (κ1) is 15.5. The average Bonchev–Trinajstić information content (AvgIpc) is 2.94. The maximum atomic E-state index is 12.4. The van der Waals surface area contributed by atoms with Crippen LogP contribution < -0.4 is 11.0 Å². The van der Waals surface area contributed by atoms with Crippen molar-refractivity contribution in [1.82, 2.24) is 19.4 Å². The third-order valence-electron chi connectivity index (χ3n) is 3.13. The van der Waals surface area contributed by atoms with Crippen molar-refractivity contribution in [2.45, 2.75) is 12.3 Å². The molecule has 0 spiro atoms. The van der Waals surface area contributed by atoms with Gasteiger partial charge in [0.15, 0.2) is 5.65 Å². The highest BCUT2D eigenvalue weighted by Crippen LogP contribution is 2.17. The molecule has 0 radical (unpaired) electrons. The molecule has 23 heavy (non-hydrogen) atoms. The smallest absolute Gasteiger partial charge is 0.272 e. The Hall–Kier alpha value is -2.38. The lowest BCUT2D eigenvalue weighted by atomic mass is 10.3. The highest BCUT2D eigenvalue weighted by atomic mass is 35.5. The van der Waals surface area contributed by atoms with E-state index in [9.17, 15) is 9.59 Å². The van der Waals surface area contributed by atoms with Crippen LogP contribution in [0.1, 0.15) is 6.92 Å². The van der Waals surface area contributed by atoms with Crippen LogP contribution in [0.25, 0.3) is 16.7 Å². The number of benzene rings is 1. The van der Waals surface area contributed by atoms with Crippen LogP contribution in [0.2, 0.25) is 5.02 Å². The second kappa shape index (κ2) is 6.02. The zero-order valence-electron chi connectivity index (χ0n) is 11.9. The molecule has 3 rings (SSSR count). The normalized spacial score (nSPS) is 12.3. The lowest BCUT2D eigenvalue weighted by molar-refractivity contribution is -0.116. The van der Waals surface area contributed by atoms with Crippen molar-refractivity contribution in [1.29, 1.82) is 0 Å². The summed E-state index contributed by atoms with van der Waals surface area (Å²) in [6, 6.07) is 7.01. The van der Waals surface area contributed by atoms with Gasteiger partial charge in [0.1, 0.15) is 17.1 Å². The van der Waals surface area contributed by atoms with E-state index < -0.39 is 16.8 Å². The molecular weight excluding hydrogens is 341 g/mol. The van der Waals surface area contributed by atoms with Gasteiger partial charge in [0.05, 0.1) is 11.9 Å². The summed E-state index contributed by atoms with van der Waals surface area (Å²) in [5.41, 5.74) is 2.96. The topological polar surface area (TPSA) is 81.8 Å². The van der Waals surface area contributed by atoms with Crippen LogP contribution in [0.3, 0.4) is 0 Å². The molecule has 0 saturated carbocycles. The van der Waals surface area contributed by atoms with E-state index in [-0.39, 0.29) is 5.39 Å². The molecule has 7 nitrogen and oxygen atoms in total. The fourth-order valence-corrected chi connectivity index (χ4v) is 2.23. The Kier molecular flexibility index (Phi) is 4.06. The number of nitrogens with one attached hydrogen (secondary N) is 1. The van der Waals surface area contributed by atoms with E-state index in [4.69, 9.17) is 23.2 Å². The Morgan fingerprint density at radius 1 is 1.39 bits per heavy atom. The summed E-state index contributed by atoms with van der Waals surface area (Å²) in [4.78, 5) is 28.2. The number of amides is 1. The van der Waals surface area contributed by atoms with Gasteiger partial charge in [0.2, 0.25) is 0 Å². The fraction of sp³-hybridized carbons (Fsp3) is 0.143. The molecule has 0 saturated heterocycles. The number of rotatable bonds is 3. The van der Waals surface area contributed by atoms with Crippen LogP contribution in [0.4, 0.5) is 0 Å². The Morgan fingerprint density at radius 2 is 2.17 bits per heavy atom. The van der Waals surface area contributed by atoms with E-state index in [0.717, 1.165) is 4.68 Å². The molecule has 0 aliphatic rings. The molecule has 1 N–H and O–H groups in total. The summed E-state index contributed by atoms with van der Waals surface area (Å²) < 4.78 is 2.48. The van der Waals surface area contributed by atoms with Gasteiger partial charge in [-0.2, -0.15) is 5.10 Å². The molecule has 9 heteroatoms. The van der Waals surface area contributed by atoms with Gasteiger partial charge in [-0.15, -0.1) is 11.6 Å². The van der Waals surface area contributed by atoms with Crippen LogP contribution in [-0.4, -0.2) is 30.7 Å². The third kappa shape index (κ3) is 2.93. The minimum absolute atomic E-state index is 0.259. The third-order valence-corrected chi connectivity index (χ3v) is 3.57. The van der Waals surface area contributed by atoms with E-state index >= 15 is 0 Å². The summed E-state index contributed by atoms with van der Waals surface area (Å²) in [7, 11) is 0. The minimum atomic E-state index is -0.771. The lowest BCUT2D eigenvalue weighted by Gasteiger charge is -2.09. The number of halogens is 2. The van der Waals surface area contributed by atoms with Crippen molar-refractivity contribution < 1.29 is 4.79 Å². The summed E-state index contributed by atoms with van der Waals surface area (Å²) in [6.07, 6.45) is 2.60. The molecule has 3 aromatic rings. The van der Waals surface area contributed by atoms with Gasteiger partial charge in [-0.3, -0.25) is 15.0 Å². The average molecular weight is 352 g/mol. The molecule has 0 bridgehead atoms. The van der Waals surface area contributed by atoms with Gasteiger partial charge in [0, 0.05) is 5.02 Å². The number of nitrogens with zero attached hydrogens (tertiary/aromatic N) is 4. The van der Waals surface area contributed by atoms with Crippen molar-refractivity contribution in [3.63, 3.8) is 0 Å². The van der Waals surface area contributed by atoms with Crippen LogP contribution in [0, 0.1) is 0 Å².